The Bertz CT molecular complexity index is 442. The first kappa shape index (κ1) is 11.6. The lowest BCUT2D eigenvalue weighted by molar-refractivity contribution is 0.822. The van der Waals surface area contributed by atoms with Gasteiger partial charge < -0.3 is 5.73 Å². The van der Waals surface area contributed by atoms with E-state index in [-0.39, 0.29) is 6.04 Å². The number of aryl methyl sites for hydroxylation is 1. The molecule has 0 aliphatic carbocycles. The highest BCUT2D eigenvalue weighted by Gasteiger charge is 2.09. The van der Waals surface area contributed by atoms with Crippen LogP contribution in [0.1, 0.15) is 17.2 Å². The number of nitrogens with zero attached hydrogens (tertiary/aromatic N) is 2. The van der Waals surface area contributed by atoms with E-state index in [1.54, 1.807) is 18.1 Å². The summed E-state index contributed by atoms with van der Waals surface area (Å²) >= 11 is 3.07. The molecule has 1 aromatic carbocycles. The average Bonchev–Trinajstić information content (AvgIpc) is 2.79. The Balaban J connectivity index is 1.98. The molecule has 2 N–H and O–H groups in total. The van der Waals surface area contributed by atoms with E-state index in [2.05, 4.69) is 28.4 Å². The van der Waals surface area contributed by atoms with Crippen molar-refractivity contribution in [2.45, 2.75) is 17.3 Å². The summed E-state index contributed by atoms with van der Waals surface area (Å²) in [5.74, 6) is 0.833. The highest BCUT2D eigenvalue weighted by molar-refractivity contribution is 8.00. The van der Waals surface area contributed by atoms with Crippen molar-refractivity contribution in [1.29, 1.82) is 0 Å². The van der Waals surface area contributed by atoms with Crippen molar-refractivity contribution in [3.8, 4) is 0 Å². The van der Waals surface area contributed by atoms with Gasteiger partial charge in [-0.25, -0.2) is 4.98 Å². The van der Waals surface area contributed by atoms with Crippen molar-refractivity contribution in [1.82, 2.24) is 9.36 Å². The number of rotatable bonds is 4. The summed E-state index contributed by atoms with van der Waals surface area (Å²) in [4.78, 5) is 4.12. The van der Waals surface area contributed by atoms with Gasteiger partial charge in [-0.15, -0.1) is 0 Å². The minimum absolute atomic E-state index is 0.0510. The van der Waals surface area contributed by atoms with Crippen molar-refractivity contribution < 1.29 is 0 Å². The minimum atomic E-state index is 0.0510. The Morgan fingerprint density at radius 3 is 2.94 bits per heavy atom. The van der Waals surface area contributed by atoms with Crippen LogP contribution in [0.5, 0.6) is 0 Å². The van der Waals surface area contributed by atoms with Gasteiger partial charge in [0, 0.05) is 11.8 Å². The molecule has 5 heteroatoms. The highest BCUT2D eigenvalue weighted by Crippen LogP contribution is 2.25. The van der Waals surface area contributed by atoms with Crippen molar-refractivity contribution >= 4 is 23.3 Å². The van der Waals surface area contributed by atoms with E-state index >= 15 is 0 Å². The maximum absolute atomic E-state index is 6.15. The highest BCUT2D eigenvalue weighted by atomic mass is 32.2. The Kier molecular flexibility index (Phi) is 3.93. The van der Waals surface area contributed by atoms with Gasteiger partial charge in [0.25, 0.3) is 0 Å². The van der Waals surface area contributed by atoms with Gasteiger partial charge in [0.15, 0.2) is 4.34 Å². The predicted molar refractivity (Wildman–Crippen MR) is 68.7 cm³/mol. The smallest absolute Gasteiger partial charge is 0.169 e. The summed E-state index contributed by atoms with van der Waals surface area (Å²) in [5.41, 5.74) is 8.60. The maximum atomic E-state index is 6.15. The standard InChI is InChI=1S/C11H13N3S2/c1-8-4-2-3-5-9(8)10(12)6-15-11-13-7-14-16-11/h2-5,7,10H,6,12H2,1H3. The molecule has 84 valence electrons. The number of aromatic nitrogens is 2. The summed E-state index contributed by atoms with van der Waals surface area (Å²) in [6, 6.07) is 8.28. The van der Waals surface area contributed by atoms with E-state index in [9.17, 15) is 0 Å². The molecule has 0 fully saturated rings. The van der Waals surface area contributed by atoms with Crippen LogP contribution in [0, 0.1) is 6.92 Å². The Morgan fingerprint density at radius 1 is 1.44 bits per heavy atom. The van der Waals surface area contributed by atoms with Gasteiger partial charge in [-0.1, -0.05) is 36.0 Å². The molecule has 0 bridgehead atoms. The number of thioether (sulfide) groups is 1. The lowest BCUT2D eigenvalue weighted by atomic mass is 10.0. The summed E-state index contributed by atoms with van der Waals surface area (Å²) in [6.07, 6.45) is 1.58. The van der Waals surface area contributed by atoms with Gasteiger partial charge in [0.1, 0.15) is 6.33 Å². The molecule has 1 atom stereocenters. The van der Waals surface area contributed by atoms with E-state index < -0.39 is 0 Å². The molecular weight excluding hydrogens is 238 g/mol. The Hall–Kier alpha value is -0.910. The Morgan fingerprint density at radius 2 is 2.25 bits per heavy atom. The van der Waals surface area contributed by atoms with E-state index in [0.717, 1.165) is 10.1 Å². The quantitative estimate of drug-likeness (QED) is 0.849. The molecule has 0 aliphatic heterocycles. The van der Waals surface area contributed by atoms with Crippen molar-refractivity contribution in [3.05, 3.63) is 41.7 Å². The first-order chi connectivity index (χ1) is 7.77. The number of hydrogen-bond donors (Lipinski definition) is 1. The van der Waals surface area contributed by atoms with Crippen LogP contribution in [-0.2, 0) is 0 Å². The SMILES string of the molecule is Cc1ccccc1C(N)CSc1ncns1. The van der Waals surface area contributed by atoms with E-state index in [1.807, 2.05) is 12.1 Å². The summed E-state index contributed by atoms with van der Waals surface area (Å²) in [7, 11) is 0. The molecule has 2 aromatic rings. The van der Waals surface area contributed by atoms with Crippen LogP contribution in [0.4, 0.5) is 0 Å². The Labute approximate surface area is 103 Å². The van der Waals surface area contributed by atoms with Crippen LogP contribution in [0.3, 0.4) is 0 Å². The number of hydrogen-bond acceptors (Lipinski definition) is 5. The fraction of sp³-hybridized carbons (Fsp3) is 0.273. The molecular formula is C11H13N3S2. The molecule has 0 radical (unpaired) electrons. The molecule has 2 rings (SSSR count). The molecule has 16 heavy (non-hydrogen) atoms. The van der Waals surface area contributed by atoms with Gasteiger partial charge in [-0.2, -0.15) is 4.37 Å². The molecule has 1 aromatic heterocycles. The third-order valence-corrected chi connectivity index (χ3v) is 4.23. The van der Waals surface area contributed by atoms with E-state index in [1.165, 1.54) is 22.7 Å². The fourth-order valence-corrected chi connectivity index (χ4v) is 2.93. The molecule has 1 heterocycles. The van der Waals surface area contributed by atoms with Crippen molar-refractivity contribution in [2.24, 2.45) is 5.73 Å². The average molecular weight is 251 g/mol. The lowest BCUT2D eigenvalue weighted by Crippen LogP contribution is -2.14. The first-order valence-electron chi connectivity index (χ1n) is 4.98. The lowest BCUT2D eigenvalue weighted by Gasteiger charge is -2.13. The van der Waals surface area contributed by atoms with Crippen LogP contribution >= 0.6 is 23.3 Å². The number of benzene rings is 1. The van der Waals surface area contributed by atoms with Gasteiger partial charge in [-0.3, -0.25) is 0 Å². The molecule has 3 nitrogen and oxygen atoms in total. The molecule has 1 unspecified atom stereocenters. The van der Waals surface area contributed by atoms with Crippen LogP contribution in [0.15, 0.2) is 34.9 Å². The monoisotopic (exact) mass is 251 g/mol. The third kappa shape index (κ3) is 2.81. The van der Waals surface area contributed by atoms with Crippen LogP contribution in [0.2, 0.25) is 0 Å². The van der Waals surface area contributed by atoms with E-state index in [4.69, 9.17) is 5.73 Å². The summed E-state index contributed by atoms with van der Waals surface area (Å²) < 4.78 is 4.94. The van der Waals surface area contributed by atoms with Crippen LogP contribution in [-0.4, -0.2) is 15.1 Å². The van der Waals surface area contributed by atoms with Crippen molar-refractivity contribution in [3.63, 3.8) is 0 Å². The minimum Gasteiger partial charge on any atom is -0.323 e. The predicted octanol–water partition coefficient (Wildman–Crippen LogP) is 2.64. The van der Waals surface area contributed by atoms with Gasteiger partial charge in [0.05, 0.1) is 0 Å². The summed E-state index contributed by atoms with van der Waals surface area (Å²) in [6.45, 7) is 2.09. The molecule has 0 amide bonds. The van der Waals surface area contributed by atoms with Gasteiger partial charge in [0.2, 0.25) is 0 Å². The van der Waals surface area contributed by atoms with E-state index in [0.29, 0.717) is 0 Å². The zero-order valence-corrected chi connectivity index (χ0v) is 10.6. The van der Waals surface area contributed by atoms with Crippen LogP contribution < -0.4 is 5.73 Å². The molecule has 0 saturated carbocycles. The first-order valence-corrected chi connectivity index (χ1v) is 6.74. The molecule has 0 saturated heterocycles. The third-order valence-electron chi connectivity index (χ3n) is 2.32. The second-order valence-corrected chi connectivity index (χ2v) is 5.53. The topological polar surface area (TPSA) is 51.8 Å². The molecule has 0 spiro atoms. The van der Waals surface area contributed by atoms with Crippen molar-refractivity contribution in [2.75, 3.05) is 5.75 Å². The number of nitrogens with two attached hydrogens (primary N) is 1. The fourth-order valence-electron chi connectivity index (χ4n) is 1.48. The van der Waals surface area contributed by atoms with Gasteiger partial charge in [-0.05, 0) is 29.6 Å². The second kappa shape index (κ2) is 5.43. The zero-order valence-electron chi connectivity index (χ0n) is 8.96. The largest absolute Gasteiger partial charge is 0.323 e. The normalized spacial score (nSPS) is 12.6. The zero-order chi connectivity index (χ0) is 11.4. The maximum Gasteiger partial charge on any atom is 0.169 e. The van der Waals surface area contributed by atoms with Crippen LogP contribution in [0.25, 0.3) is 0 Å². The molecule has 0 aliphatic rings. The second-order valence-electron chi connectivity index (χ2n) is 3.48. The summed E-state index contributed by atoms with van der Waals surface area (Å²) in [5, 5.41) is 0. The van der Waals surface area contributed by atoms with Gasteiger partial charge >= 0.3 is 0 Å².